The van der Waals surface area contributed by atoms with Crippen LogP contribution in [0.4, 0.5) is 5.95 Å². The van der Waals surface area contributed by atoms with Gasteiger partial charge in [0.15, 0.2) is 5.16 Å². The Bertz CT molecular complexity index is 457. The molecule has 1 fully saturated rings. The van der Waals surface area contributed by atoms with Gasteiger partial charge in [-0.05, 0) is 13.5 Å². The van der Waals surface area contributed by atoms with E-state index >= 15 is 0 Å². The fraction of sp³-hybridized carbons (Fsp3) is 0.750. The van der Waals surface area contributed by atoms with Crippen LogP contribution in [0.15, 0.2) is 5.16 Å². The maximum Gasteiger partial charge on any atom is 0.313 e. The van der Waals surface area contributed by atoms with Gasteiger partial charge in [-0.15, -0.1) is 10.2 Å². The van der Waals surface area contributed by atoms with Gasteiger partial charge < -0.3 is 14.9 Å². The zero-order valence-electron chi connectivity index (χ0n) is 11.9. The van der Waals surface area contributed by atoms with E-state index < -0.39 is 5.97 Å². The van der Waals surface area contributed by atoms with Crippen LogP contribution in [0.2, 0.25) is 0 Å². The molecule has 0 unspecified atom stereocenters. The standard InChI is InChI=1S/C12H21N5O2S/c1-3-15-5-7-16(8-6-15)11-13-14-12(17(11)4-2)20-9-10(18)19/h3-9H2,1-2H3,(H,18,19). The van der Waals surface area contributed by atoms with Crippen molar-refractivity contribution in [1.29, 1.82) is 0 Å². The lowest BCUT2D eigenvalue weighted by Gasteiger charge is -2.34. The first-order valence-corrected chi connectivity index (χ1v) is 7.89. The Morgan fingerprint density at radius 3 is 2.45 bits per heavy atom. The average Bonchev–Trinajstić information content (AvgIpc) is 2.88. The van der Waals surface area contributed by atoms with Gasteiger partial charge in [0.25, 0.3) is 0 Å². The van der Waals surface area contributed by atoms with Crippen LogP contribution in [-0.4, -0.2) is 69.2 Å². The predicted molar refractivity (Wildman–Crippen MR) is 78.4 cm³/mol. The summed E-state index contributed by atoms with van der Waals surface area (Å²) in [6.07, 6.45) is 0. The Kier molecular flexibility index (Phi) is 5.24. The van der Waals surface area contributed by atoms with Gasteiger partial charge in [0.1, 0.15) is 0 Å². The van der Waals surface area contributed by atoms with Crippen LogP contribution in [0.1, 0.15) is 13.8 Å². The zero-order valence-corrected chi connectivity index (χ0v) is 12.8. The Morgan fingerprint density at radius 2 is 1.90 bits per heavy atom. The number of thioether (sulfide) groups is 1. The Labute approximate surface area is 123 Å². The zero-order chi connectivity index (χ0) is 14.5. The van der Waals surface area contributed by atoms with Gasteiger partial charge >= 0.3 is 5.97 Å². The monoisotopic (exact) mass is 299 g/mol. The molecule has 8 heteroatoms. The van der Waals surface area contributed by atoms with E-state index in [1.54, 1.807) is 0 Å². The summed E-state index contributed by atoms with van der Waals surface area (Å²) in [6.45, 7) is 9.97. The number of carbonyl (C=O) groups is 1. The highest BCUT2D eigenvalue weighted by Crippen LogP contribution is 2.22. The van der Waals surface area contributed by atoms with Crippen molar-refractivity contribution in [3.05, 3.63) is 0 Å². The van der Waals surface area contributed by atoms with Crippen molar-refractivity contribution in [2.75, 3.05) is 43.4 Å². The molecule has 2 heterocycles. The van der Waals surface area contributed by atoms with Gasteiger partial charge in [-0.1, -0.05) is 18.7 Å². The number of piperazine rings is 1. The number of anilines is 1. The lowest BCUT2D eigenvalue weighted by Crippen LogP contribution is -2.47. The van der Waals surface area contributed by atoms with Crippen LogP contribution in [0.25, 0.3) is 0 Å². The summed E-state index contributed by atoms with van der Waals surface area (Å²) in [4.78, 5) is 15.3. The lowest BCUT2D eigenvalue weighted by atomic mass is 10.3. The Hall–Kier alpha value is -1.28. The number of nitrogens with zero attached hydrogens (tertiary/aromatic N) is 5. The van der Waals surface area contributed by atoms with Crippen molar-refractivity contribution >= 4 is 23.7 Å². The van der Waals surface area contributed by atoms with Crippen LogP contribution >= 0.6 is 11.8 Å². The SMILES string of the molecule is CCN1CCN(c2nnc(SCC(=O)O)n2CC)CC1. The molecule has 20 heavy (non-hydrogen) atoms. The average molecular weight is 299 g/mol. The molecule has 0 spiro atoms. The van der Waals surface area contributed by atoms with E-state index in [9.17, 15) is 4.79 Å². The predicted octanol–water partition coefficient (Wildman–Crippen LogP) is 0.617. The van der Waals surface area contributed by atoms with Crippen LogP contribution < -0.4 is 4.90 Å². The molecule has 0 aromatic carbocycles. The summed E-state index contributed by atoms with van der Waals surface area (Å²) in [6, 6.07) is 0. The number of aromatic nitrogens is 3. The molecular weight excluding hydrogens is 278 g/mol. The maximum atomic E-state index is 10.7. The molecule has 0 aliphatic carbocycles. The van der Waals surface area contributed by atoms with E-state index in [0.29, 0.717) is 5.16 Å². The highest BCUT2D eigenvalue weighted by atomic mass is 32.2. The van der Waals surface area contributed by atoms with Crippen molar-refractivity contribution in [2.24, 2.45) is 0 Å². The first kappa shape index (κ1) is 15.1. The minimum absolute atomic E-state index is 0.0156. The fourth-order valence-corrected chi connectivity index (χ4v) is 3.01. The second-order valence-corrected chi connectivity index (χ2v) is 5.57. The van der Waals surface area contributed by atoms with Crippen LogP contribution in [0, 0.1) is 0 Å². The van der Waals surface area contributed by atoms with Crippen molar-refractivity contribution in [2.45, 2.75) is 25.5 Å². The number of carboxylic acid groups (broad SMARTS) is 1. The summed E-state index contributed by atoms with van der Waals surface area (Å²) < 4.78 is 2.00. The van der Waals surface area contributed by atoms with Gasteiger partial charge in [-0.3, -0.25) is 9.36 Å². The number of hydrogen-bond donors (Lipinski definition) is 1. The van der Waals surface area contributed by atoms with E-state index in [4.69, 9.17) is 5.11 Å². The summed E-state index contributed by atoms with van der Waals surface area (Å²) in [7, 11) is 0. The largest absolute Gasteiger partial charge is 0.481 e. The normalized spacial score (nSPS) is 16.6. The molecule has 0 bridgehead atoms. The van der Waals surface area contributed by atoms with Gasteiger partial charge in [-0.25, -0.2) is 0 Å². The van der Waals surface area contributed by atoms with Gasteiger partial charge in [0.05, 0.1) is 5.75 Å². The Balaban J connectivity index is 2.06. The highest BCUT2D eigenvalue weighted by Gasteiger charge is 2.22. The topological polar surface area (TPSA) is 74.5 Å². The quantitative estimate of drug-likeness (QED) is 0.772. The molecule has 1 aromatic rings. The number of rotatable bonds is 6. The molecule has 1 aliphatic rings. The van der Waals surface area contributed by atoms with Crippen LogP contribution in [0.3, 0.4) is 0 Å². The summed E-state index contributed by atoms with van der Waals surface area (Å²) >= 11 is 1.22. The summed E-state index contributed by atoms with van der Waals surface area (Å²) in [5, 5.41) is 17.8. The second-order valence-electron chi connectivity index (χ2n) is 4.63. The number of likely N-dealkylation sites (N-methyl/N-ethyl adjacent to an activating group) is 1. The van der Waals surface area contributed by atoms with Crippen molar-refractivity contribution in [3.8, 4) is 0 Å². The van der Waals surface area contributed by atoms with E-state index in [-0.39, 0.29) is 5.75 Å². The number of hydrogen-bond acceptors (Lipinski definition) is 6. The highest BCUT2D eigenvalue weighted by molar-refractivity contribution is 7.99. The molecule has 1 aromatic heterocycles. The minimum atomic E-state index is -0.834. The maximum absolute atomic E-state index is 10.7. The van der Waals surface area contributed by atoms with E-state index in [0.717, 1.165) is 45.2 Å². The Morgan fingerprint density at radius 1 is 1.20 bits per heavy atom. The molecule has 2 rings (SSSR count). The third-order valence-corrected chi connectivity index (χ3v) is 4.39. The smallest absolute Gasteiger partial charge is 0.313 e. The molecule has 0 amide bonds. The van der Waals surface area contributed by atoms with Crippen LogP contribution in [-0.2, 0) is 11.3 Å². The van der Waals surface area contributed by atoms with Crippen LogP contribution in [0.5, 0.6) is 0 Å². The van der Waals surface area contributed by atoms with Crippen molar-refractivity contribution in [1.82, 2.24) is 19.7 Å². The number of carboxylic acids is 1. The molecule has 7 nitrogen and oxygen atoms in total. The first-order chi connectivity index (χ1) is 9.65. The molecule has 1 N–H and O–H groups in total. The first-order valence-electron chi connectivity index (χ1n) is 6.90. The van der Waals surface area contributed by atoms with Gasteiger partial charge in [0.2, 0.25) is 5.95 Å². The lowest BCUT2D eigenvalue weighted by molar-refractivity contribution is -0.133. The van der Waals surface area contributed by atoms with Crippen molar-refractivity contribution in [3.63, 3.8) is 0 Å². The van der Waals surface area contributed by atoms with E-state index in [2.05, 4.69) is 26.9 Å². The van der Waals surface area contributed by atoms with Crippen molar-refractivity contribution < 1.29 is 9.90 Å². The summed E-state index contributed by atoms with van der Waals surface area (Å²) in [5.41, 5.74) is 0. The molecule has 0 saturated carbocycles. The minimum Gasteiger partial charge on any atom is -0.481 e. The molecule has 1 saturated heterocycles. The molecular formula is C12H21N5O2S. The van der Waals surface area contributed by atoms with Gasteiger partial charge in [0, 0.05) is 32.7 Å². The van der Waals surface area contributed by atoms with Gasteiger partial charge in [-0.2, -0.15) is 0 Å². The third kappa shape index (κ3) is 3.43. The number of aliphatic carboxylic acids is 1. The molecule has 0 atom stereocenters. The second kappa shape index (κ2) is 6.94. The van der Waals surface area contributed by atoms with E-state index in [1.807, 2.05) is 11.5 Å². The summed E-state index contributed by atoms with van der Waals surface area (Å²) in [5.74, 6) is 0.0387. The van der Waals surface area contributed by atoms with E-state index in [1.165, 1.54) is 11.8 Å². The fourth-order valence-electron chi connectivity index (χ4n) is 2.29. The molecule has 1 aliphatic heterocycles. The molecule has 0 radical (unpaired) electrons. The third-order valence-electron chi connectivity index (χ3n) is 3.44. The molecule has 112 valence electrons.